The standard InChI is InChI=1S/C24H26N2O8/c1-11-6-7-16(14(8-11)24(32)33)26-23(31)19-13(12-4-2-3-5-15(12)25-19)9-17-20(28)22(30)21(29)18(10-27)34-17/h2-8,17-18,20-22,25,27-30H,9-10H2,1H3,(H,26,31)(H,32,33). The van der Waals surface area contributed by atoms with Gasteiger partial charge in [0.15, 0.2) is 0 Å². The molecule has 1 amide bonds. The van der Waals surface area contributed by atoms with Crippen LogP contribution in [0.5, 0.6) is 0 Å². The normalized spacial score (nSPS) is 24.8. The average Bonchev–Trinajstić information content (AvgIpc) is 3.19. The molecule has 0 spiro atoms. The van der Waals surface area contributed by atoms with E-state index in [0.29, 0.717) is 16.5 Å². The highest BCUT2D eigenvalue weighted by molar-refractivity contribution is 6.10. The number of nitrogens with one attached hydrogen (secondary N) is 2. The first-order valence-corrected chi connectivity index (χ1v) is 10.8. The van der Waals surface area contributed by atoms with Gasteiger partial charge in [-0.25, -0.2) is 4.79 Å². The molecule has 1 aromatic heterocycles. The number of amides is 1. The van der Waals surface area contributed by atoms with E-state index in [1.54, 1.807) is 37.3 Å². The molecule has 1 aliphatic rings. The van der Waals surface area contributed by atoms with Crippen molar-refractivity contribution in [2.45, 2.75) is 43.9 Å². The first-order valence-electron chi connectivity index (χ1n) is 10.8. The van der Waals surface area contributed by atoms with E-state index in [1.165, 1.54) is 12.1 Å². The van der Waals surface area contributed by atoms with Gasteiger partial charge in [-0.2, -0.15) is 0 Å². The number of carboxylic acid groups (broad SMARTS) is 1. The van der Waals surface area contributed by atoms with Crippen molar-refractivity contribution in [2.24, 2.45) is 0 Å². The number of fused-ring (bicyclic) bond motifs is 1. The van der Waals surface area contributed by atoms with E-state index in [-0.39, 0.29) is 23.4 Å². The summed E-state index contributed by atoms with van der Waals surface area (Å²) in [6.45, 7) is 1.18. The lowest BCUT2D eigenvalue weighted by Gasteiger charge is -2.40. The van der Waals surface area contributed by atoms with Gasteiger partial charge >= 0.3 is 5.97 Å². The maximum Gasteiger partial charge on any atom is 0.337 e. The largest absolute Gasteiger partial charge is 0.478 e. The minimum atomic E-state index is -1.54. The second-order valence-electron chi connectivity index (χ2n) is 8.40. The van der Waals surface area contributed by atoms with Crippen LogP contribution in [0.4, 0.5) is 5.69 Å². The number of aromatic carboxylic acids is 1. The molecule has 7 N–H and O–H groups in total. The highest BCUT2D eigenvalue weighted by Gasteiger charge is 2.43. The highest BCUT2D eigenvalue weighted by atomic mass is 16.5. The van der Waals surface area contributed by atoms with E-state index in [4.69, 9.17) is 4.74 Å². The van der Waals surface area contributed by atoms with Crippen LogP contribution in [0.15, 0.2) is 42.5 Å². The van der Waals surface area contributed by atoms with Gasteiger partial charge in [-0.1, -0.05) is 29.8 Å². The lowest BCUT2D eigenvalue weighted by molar-refractivity contribution is -0.228. The third-order valence-electron chi connectivity index (χ3n) is 6.09. The number of rotatable bonds is 6. The van der Waals surface area contributed by atoms with Gasteiger partial charge in [0.25, 0.3) is 5.91 Å². The number of hydrogen-bond acceptors (Lipinski definition) is 7. The molecule has 10 nitrogen and oxygen atoms in total. The molecule has 0 bridgehead atoms. The Labute approximate surface area is 194 Å². The Bertz CT molecular complexity index is 1220. The van der Waals surface area contributed by atoms with Crippen molar-refractivity contribution < 1.29 is 39.9 Å². The molecule has 34 heavy (non-hydrogen) atoms. The molecule has 1 saturated heterocycles. The molecular formula is C24H26N2O8. The molecule has 180 valence electrons. The van der Waals surface area contributed by atoms with Crippen molar-refractivity contribution in [3.05, 3.63) is 64.8 Å². The summed E-state index contributed by atoms with van der Waals surface area (Å²) in [7, 11) is 0. The molecule has 5 atom stereocenters. The molecule has 2 heterocycles. The Morgan fingerprint density at radius 3 is 2.44 bits per heavy atom. The third kappa shape index (κ3) is 4.41. The third-order valence-corrected chi connectivity index (χ3v) is 6.09. The van der Waals surface area contributed by atoms with E-state index in [2.05, 4.69) is 10.3 Å². The van der Waals surface area contributed by atoms with Gasteiger partial charge in [-0.05, 0) is 30.7 Å². The van der Waals surface area contributed by atoms with E-state index >= 15 is 0 Å². The Balaban J connectivity index is 1.70. The van der Waals surface area contributed by atoms with E-state index in [9.17, 15) is 35.1 Å². The van der Waals surface area contributed by atoms with Crippen LogP contribution >= 0.6 is 0 Å². The Kier molecular flexibility index (Phi) is 6.69. The van der Waals surface area contributed by atoms with Crippen LogP contribution < -0.4 is 5.32 Å². The minimum absolute atomic E-state index is 0.0199. The van der Waals surface area contributed by atoms with Crippen LogP contribution in [-0.4, -0.2) is 79.5 Å². The predicted octanol–water partition coefficient (Wildman–Crippen LogP) is 0.812. The smallest absolute Gasteiger partial charge is 0.337 e. The number of hydrogen-bond donors (Lipinski definition) is 7. The number of H-pyrrole nitrogens is 1. The summed E-state index contributed by atoms with van der Waals surface area (Å²) < 4.78 is 5.64. The quantitative estimate of drug-likeness (QED) is 0.277. The SMILES string of the molecule is Cc1ccc(NC(=O)c2[nH]c3ccccc3c2CC2OC(CO)C(O)C(O)C2O)c(C(=O)O)c1. The maximum absolute atomic E-state index is 13.3. The first-order chi connectivity index (χ1) is 16.2. The average molecular weight is 470 g/mol. The highest BCUT2D eigenvalue weighted by Crippen LogP contribution is 2.30. The van der Waals surface area contributed by atoms with Crippen LogP contribution in [0.1, 0.15) is 32.0 Å². The number of aryl methyl sites for hydroxylation is 1. The number of carbonyl (C=O) groups excluding carboxylic acids is 1. The van der Waals surface area contributed by atoms with Crippen LogP contribution in [0.3, 0.4) is 0 Å². The van der Waals surface area contributed by atoms with Crippen molar-refractivity contribution >= 4 is 28.5 Å². The van der Waals surface area contributed by atoms with Crippen LogP contribution in [0.25, 0.3) is 10.9 Å². The summed E-state index contributed by atoms with van der Waals surface area (Å²) in [5.74, 6) is -1.78. The monoisotopic (exact) mass is 470 g/mol. The van der Waals surface area contributed by atoms with Crippen LogP contribution in [0, 0.1) is 6.92 Å². The molecule has 2 aromatic carbocycles. The fourth-order valence-electron chi connectivity index (χ4n) is 4.28. The Morgan fingerprint density at radius 1 is 1.03 bits per heavy atom. The lowest BCUT2D eigenvalue weighted by Crippen LogP contribution is -2.59. The molecule has 1 fully saturated rings. The van der Waals surface area contributed by atoms with E-state index in [1.807, 2.05) is 0 Å². The molecule has 10 heteroatoms. The Morgan fingerprint density at radius 2 is 1.74 bits per heavy atom. The van der Waals surface area contributed by atoms with Gasteiger partial charge in [0.05, 0.1) is 24.0 Å². The zero-order valence-corrected chi connectivity index (χ0v) is 18.3. The van der Waals surface area contributed by atoms with Gasteiger partial charge in [-0.3, -0.25) is 4.79 Å². The number of aromatic amines is 1. The molecule has 5 unspecified atom stereocenters. The molecular weight excluding hydrogens is 444 g/mol. The number of anilines is 1. The molecule has 0 radical (unpaired) electrons. The van der Waals surface area contributed by atoms with Gasteiger partial charge in [0, 0.05) is 17.3 Å². The fraction of sp³-hybridized carbons (Fsp3) is 0.333. The minimum Gasteiger partial charge on any atom is -0.478 e. The van der Waals surface area contributed by atoms with E-state index < -0.39 is 49.0 Å². The number of ether oxygens (including phenoxy) is 1. The molecule has 0 aliphatic carbocycles. The number of benzene rings is 2. The number of para-hydroxylation sites is 1. The second kappa shape index (κ2) is 9.53. The lowest BCUT2D eigenvalue weighted by atomic mass is 9.90. The van der Waals surface area contributed by atoms with Crippen molar-refractivity contribution in [1.82, 2.24) is 4.98 Å². The second-order valence-corrected chi connectivity index (χ2v) is 8.40. The van der Waals surface area contributed by atoms with Crippen LogP contribution in [0.2, 0.25) is 0 Å². The topological polar surface area (TPSA) is 172 Å². The number of carbonyl (C=O) groups is 2. The molecule has 4 rings (SSSR count). The van der Waals surface area contributed by atoms with Crippen molar-refractivity contribution in [2.75, 3.05) is 11.9 Å². The molecule has 0 saturated carbocycles. The zero-order valence-electron chi connectivity index (χ0n) is 18.3. The summed E-state index contributed by atoms with van der Waals surface area (Å²) in [6, 6.07) is 11.7. The Hall–Kier alpha value is -3.28. The predicted molar refractivity (Wildman–Crippen MR) is 122 cm³/mol. The van der Waals surface area contributed by atoms with Gasteiger partial charge in [0.1, 0.15) is 30.1 Å². The fourth-order valence-corrected chi connectivity index (χ4v) is 4.28. The van der Waals surface area contributed by atoms with Crippen LogP contribution in [-0.2, 0) is 11.2 Å². The van der Waals surface area contributed by atoms with Crippen molar-refractivity contribution in [3.8, 4) is 0 Å². The first kappa shape index (κ1) is 23.9. The zero-order chi connectivity index (χ0) is 24.6. The van der Waals surface area contributed by atoms with Gasteiger partial charge < -0.3 is 40.6 Å². The molecule has 1 aliphatic heterocycles. The van der Waals surface area contributed by atoms with Crippen molar-refractivity contribution in [1.29, 1.82) is 0 Å². The summed E-state index contributed by atoms with van der Waals surface area (Å²) in [4.78, 5) is 27.9. The summed E-state index contributed by atoms with van der Waals surface area (Å²) in [5.41, 5.74) is 2.04. The summed E-state index contributed by atoms with van der Waals surface area (Å²) in [5, 5.41) is 53.0. The van der Waals surface area contributed by atoms with Gasteiger partial charge in [-0.15, -0.1) is 0 Å². The maximum atomic E-state index is 13.3. The number of aliphatic hydroxyl groups is 4. The van der Waals surface area contributed by atoms with Gasteiger partial charge in [0.2, 0.25) is 0 Å². The number of carboxylic acids is 1. The van der Waals surface area contributed by atoms with E-state index in [0.717, 1.165) is 5.56 Å². The number of aromatic nitrogens is 1. The summed E-state index contributed by atoms with van der Waals surface area (Å²) in [6.07, 6.45) is -6.60. The van der Waals surface area contributed by atoms with Crippen molar-refractivity contribution in [3.63, 3.8) is 0 Å². The molecule has 3 aromatic rings. The summed E-state index contributed by atoms with van der Waals surface area (Å²) >= 11 is 0. The number of aliphatic hydroxyl groups excluding tert-OH is 4.